The van der Waals surface area contributed by atoms with Crippen molar-refractivity contribution < 1.29 is 4.74 Å². The second kappa shape index (κ2) is 8.87. The Morgan fingerprint density at radius 1 is 0.886 bits per heavy atom. The molecule has 0 aliphatic carbocycles. The molecule has 0 aliphatic heterocycles. The van der Waals surface area contributed by atoms with Crippen LogP contribution in [0.5, 0.6) is 5.75 Å². The van der Waals surface area contributed by atoms with Crippen LogP contribution in [0.25, 0.3) is 22.6 Å². The van der Waals surface area contributed by atoms with E-state index in [1.165, 1.54) is 5.56 Å². The van der Waals surface area contributed by atoms with E-state index in [0.717, 1.165) is 28.1 Å². The average Bonchev–Trinajstić information content (AvgIpc) is 3.20. The highest BCUT2D eigenvalue weighted by atomic mass is 16.5. The second-order valence-electron chi connectivity index (χ2n) is 9.09. The van der Waals surface area contributed by atoms with Gasteiger partial charge in [-0.15, -0.1) is 0 Å². The van der Waals surface area contributed by atoms with Gasteiger partial charge in [-0.05, 0) is 75.6 Å². The molecule has 0 saturated heterocycles. The summed E-state index contributed by atoms with van der Waals surface area (Å²) < 4.78 is 9.52. The van der Waals surface area contributed by atoms with Gasteiger partial charge in [0, 0.05) is 11.9 Å². The van der Waals surface area contributed by atoms with Crippen molar-refractivity contribution in [2.24, 2.45) is 0 Å². The lowest BCUT2D eigenvalue weighted by atomic mass is 10.1. The molecule has 176 valence electrons. The van der Waals surface area contributed by atoms with Crippen molar-refractivity contribution in [1.29, 1.82) is 0 Å². The molecule has 0 aliphatic rings. The van der Waals surface area contributed by atoms with Crippen molar-refractivity contribution in [1.82, 2.24) is 19.2 Å². The van der Waals surface area contributed by atoms with Crippen LogP contribution in [0.3, 0.4) is 0 Å². The number of benzene rings is 2. The van der Waals surface area contributed by atoms with Crippen molar-refractivity contribution in [3.8, 4) is 22.7 Å². The van der Waals surface area contributed by atoms with Gasteiger partial charge >= 0.3 is 0 Å². The molecule has 0 atom stereocenters. The van der Waals surface area contributed by atoms with Crippen LogP contribution in [0.1, 0.15) is 33.6 Å². The van der Waals surface area contributed by atoms with Gasteiger partial charge in [-0.3, -0.25) is 9.20 Å². The molecule has 0 fully saturated rings. The number of fused-ring (bicyclic) bond motifs is 1. The van der Waals surface area contributed by atoms with Gasteiger partial charge in [0.05, 0.1) is 16.9 Å². The van der Waals surface area contributed by atoms with E-state index in [1.54, 1.807) is 16.7 Å². The monoisotopic (exact) mass is 464 g/mol. The van der Waals surface area contributed by atoms with Crippen LogP contribution in [-0.2, 0) is 6.61 Å². The fraction of sp³-hybridized carbons (Fsp3) is 0.207. The summed E-state index contributed by atoms with van der Waals surface area (Å²) >= 11 is 0. The zero-order valence-electron chi connectivity index (χ0n) is 20.7. The first-order chi connectivity index (χ1) is 16.8. The lowest BCUT2D eigenvalue weighted by molar-refractivity contribution is 0.307. The third-order valence-corrected chi connectivity index (χ3v) is 6.21. The molecule has 3 aromatic heterocycles. The topological polar surface area (TPSA) is 61.4 Å². The first kappa shape index (κ1) is 22.6. The van der Waals surface area contributed by atoms with Crippen molar-refractivity contribution in [2.45, 2.75) is 41.2 Å². The average molecular weight is 465 g/mol. The quantitative estimate of drug-likeness (QED) is 0.336. The number of pyridine rings is 1. The van der Waals surface area contributed by atoms with E-state index < -0.39 is 0 Å². The Morgan fingerprint density at radius 2 is 1.69 bits per heavy atom. The first-order valence-electron chi connectivity index (χ1n) is 11.7. The minimum Gasteiger partial charge on any atom is -0.485 e. The number of hydrogen-bond acceptors (Lipinski definition) is 4. The van der Waals surface area contributed by atoms with Crippen LogP contribution in [0.4, 0.5) is 0 Å². The second-order valence-corrected chi connectivity index (χ2v) is 9.09. The third-order valence-electron chi connectivity index (χ3n) is 6.21. The highest BCUT2D eigenvalue weighted by molar-refractivity contribution is 5.66. The van der Waals surface area contributed by atoms with E-state index in [9.17, 15) is 4.79 Å². The molecule has 6 heteroatoms. The number of aromatic nitrogens is 4. The molecule has 0 bridgehead atoms. The molecule has 0 spiro atoms. The Kier molecular flexibility index (Phi) is 5.73. The molecule has 0 N–H and O–H groups in total. The molecule has 0 radical (unpaired) electrons. The Hall–Kier alpha value is -4.19. The largest absolute Gasteiger partial charge is 0.485 e. The maximum atomic E-state index is 13.6. The predicted molar refractivity (Wildman–Crippen MR) is 138 cm³/mol. The summed E-state index contributed by atoms with van der Waals surface area (Å²) in [6, 6.07) is 20.0. The minimum atomic E-state index is -0.167. The third kappa shape index (κ3) is 4.23. The van der Waals surface area contributed by atoms with Crippen LogP contribution in [0.15, 0.2) is 71.7 Å². The summed E-state index contributed by atoms with van der Waals surface area (Å²) in [6.45, 7) is 10.4. The zero-order chi connectivity index (χ0) is 24.7. The zero-order valence-corrected chi connectivity index (χ0v) is 20.7. The molecule has 5 rings (SSSR count). The minimum absolute atomic E-state index is 0.167. The summed E-state index contributed by atoms with van der Waals surface area (Å²) in [4.78, 5) is 18.4. The highest BCUT2D eigenvalue weighted by Crippen LogP contribution is 2.25. The van der Waals surface area contributed by atoms with Gasteiger partial charge in [0.25, 0.3) is 5.56 Å². The van der Waals surface area contributed by atoms with Gasteiger partial charge in [-0.2, -0.15) is 5.10 Å². The van der Waals surface area contributed by atoms with Crippen LogP contribution >= 0.6 is 0 Å². The number of ether oxygens (including phenoxy) is 1. The Morgan fingerprint density at radius 3 is 2.49 bits per heavy atom. The molecular weight excluding hydrogens is 436 g/mol. The fourth-order valence-electron chi connectivity index (χ4n) is 4.40. The van der Waals surface area contributed by atoms with Gasteiger partial charge in [0.2, 0.25) is 0 Å². The van der Waals surface area contributed by atoms with Crippen molar-refractivity contribution in [2.75, 3.05) is 0 Å². The summed E-state index contributed by atoms with van der Waals surface area (Å²) in [5.41, 5.74) is 8.52. The molecule has 3 heterocycles. The molecule has 2 aromatic carbocycles. The molecule has 6 nitrogen and oxygen atoms in total. The lowest BCUT2D eigenvalue weighted by Gasteiger charge is -2.12. The number of rotatable bonds is 5. The molecule has 0 unspecified atom stereocenters. The van der Waals surface area contributed by atoms with E-state index in [1.807, 2.05) is 42.8 Å². The predicted octanol–water partition coefficient (Wildman–Crippen LogP) is 5.67. The summed E-state index contributed by atoms with van der Waals surface area (Å²) in [5.74, 6) is 0.567. The number of hydrogen-bond donors (Lipinski definition) is 0. The lowest BCUT2D eigenvalue weighted by Crippen LogP contribution is -2.19. The number of nitrogens with zero attached hydrogens (tertiary/aromatic N) is 4. The molecule has 0 saturated carbocycles. The van der Waals surface area contributed by atoms with E-state index in [-0.39, 0.29) is 5.56 Å². The standard InChI is InChI=1S/C29H28N4O2/c1-18-8-6-9-23(14-18)17-35-26-10-7-13-32-28(26)30-22(5)27(29(32)34)24-16-21(4)33(31-24)25-15-19(2)11-12-20(25)3/h6-16H,17H2,1-5H3. The Labute approximate surface area is 204 Å². The van der Waals surface area contributed by atoms with Gasteiger partial charge in [0.15, 0.2) is 11.4 Å². The van der Waals surface area contributed by atoms with Gasteiger partial charge in [0.1, 0.15) is 12.3 Å². The molecular formula is C29H28N4O2. The van der Waals surface area contributed by atoms with Crippen molar-refractivity contribution in [3.63, 3.8) is 0 Å². The van der Waals surface area contributed by atoms with Crippen LogP contribution in [0.2, 0.25) is 0 Å². The van der Waals surface area contributed by atoms with Gasteiger partial charge in [-0.25, -0.2) is 9.67 Å². The smallest absolute Gasteiger partial charge is 0.267 e. The van der Waals surface area contributed by atoms with E-state index in [0.29, 0.717) is 35.0 Å². The maximum absolute atomic E-state index is 13.6. The molecule has 35 heavy (non-hydrogen) atoms. The van der Waals surface area contributed by atoms with E-state index in [4.69, 9.17) is 14.8 Å². The first-order valence-corrected chi connectivity index (χ1v) is 11.7. The summed E-state index contributed by atoms with van der Waals surface area (Å²) in [6.07, 6.45) is 1.72. The summed E-state index contributed by atoms with van der Waals surface area (Å²) in [5, 5.41) is 4.82. The van der Waals surface area contributed by atoms with Crippen LogP contribution in [-0.4, -0.2) is 19.2 Å². The maximum Gasteiger partial charge on any atom is 0.267 e. The highest BCUT2D eigenvalue weighted by Gasteiger charge is 2.19. The number of aryl methyl sites for hydroxylation is 5. The Bertz CT molecular complexity index is 1630. The SMILES string of the molecule is Cc1cccc(COc2cccn3c(=O)c(-c4cc(C)n(-c5cc(C)ccc5C)n4)c(C)nc23)c1. The summed E-state index contributed by atoms with van der Waals surface area (Å²) in [7, 11) is 0. The van der Waals surface area contributed by atoms with Crippen LogP contribution in [0, 0.1) is 34.6 Å². The normalized spacial score (nSPS) is 11.2. The Balaban J connectivity index is 1.57. The van der Waals surface area contributed by atoms with Crippen molar-refractivity contribution >= 4 is 5.65 Å². The van der Waals surface area contributed by atoms with Crippen molar-refractivity contribution in [3.05, 3.63) is 111 Å². The molecule has 0 amide bonds. The van der Waals surface area contributed by atoms with Gasteiger partial charge < -0.3 is 4.74 Å². The van der Waals surface area contributed by atoms with Gasteiger partial charge in [-0.1, -0.05) is 42.0 Å². The van der Waals surface area contributed by atoms with E-state index >= 15 is 0 Å². The van der Waals surface area contributed by atoms with E-state index in [2.05, 4.69) is 51.1 Å². The fourth-order valence-corrected chi connectivity index (χ4v) is 4.40. The molecule has 5 aromatic rings. The van der Waals surface area contributed by atoms with Crippen LogP contribution < -0.4 is 10.3 Å².